The van der Waals surface area contributed by atoms with Gasteiger partial charge in [0.1, 0.15) is 0 Å². The Bertz CT molecular complexity index is 312. The highest BCUT2D eigenvalue weighted by Crippen LogP contribution is 2.38. The number of halogens is 3. The summed E-state index contributed by atoms with van der Waals surface area (Å²) in [5, 5.41) is 9.50. The number of carbonyl (C=O) groups excluding carboxylic acids is 1. The van der Waals surface area contributed by atoms with E-state index in [9.17, 15) is 23.1 Å². The number of ether oxygens (including phenoxy) is 1. The summed E-state index contributed by atoms with van der Waals surface area (Å²) in [4.78, 5) is 13.1. The van der Waals surface area contributed by atoms with Crippen LogP contribution < -0.4 is 0 Å². The Balaban J connectivity index is 2.24. The summed E-state index contributed by atoms with van der Waals surface area (Å²) in [5.41, 5.74) is -2.58. The van der Waals surface area contributed by atoms with Crippen molar-refractivity contribution < 1.29 is 27.8 Å². The van der Waals surface area contributed by atoms with E-state index in [-0.39, 0.29) is 38.3 Å². The SMILES string of the molecule is CCCCOC(=O)CCN1CCC(O)(C(F)(F)F)CC1. The molecule has 1 aliphatic rings. The number of esters is 1. The molecular weight excluding hydrogens is 275 g/mol. The van der Waals surface area contributed by atoms with Gasteiger partial charge in [-0.2, -0.15) is 13.2 Å². The molecule has 0 aliphatic carbocycles. The van der Waals surface area contributed by atoms with Gasteiger partial charge in [-0.05, 0) is 19.3 Å². The Morgan fingerprint density at radius 2 is 1.95 bits per heavy atom. The highest BCUT2D eigenvalue weighted by atomic mass is 19.4. The first-order chi connectivity index (χ1) is 9.28. The van der Waals surface area contributed by atoms with Gasteiger partial charge < -0.3 is 14.7 Å². The van der Waals surface area contributed by atoms with Crippen molar-refractivity contribution in [3.63, 3.8) is 0 Å². The number of unbranched alkanes of at least 4 members (excludes halogenated alkanes) is 1. The van der Waals surface area contributed by atoms with Gasteiger partial charge in [0.15, 0.2) is 5.60 Å². The van der Waals surface area contributed by atoms with Crippen LogP contribution in [0, 0.1) is 0 Å². The molecule has 1 rings (SSSR count). The number of alkyl halides is 3. The topological polar surface area (TPSA) is 49.8 Å². The summed E-state index contributed by atoms with van der Waals surface area (Å²) in [6.45, 7) is 3.03. The van der Waals surface area contributed by atoms with Crippen LogP contribution in [-0.2, 0) is 9.53 Å². The van der Waals surface area contributed by atoms with E-state index >= 15 is 0 Å². The summed E-state index contributed by atoms with van der Waals surface area (Å²) in [6.07, 6.45) is -3.35. The third-order valence-corrected chi connectivity index (χ3v) is 3.60. The van der Waals surface area contributed by atoms with Crippen LogP contribution in [-0.4, -0.2) is 54.0 Å². The minimum Gasteiger partial charge on any atom is -0.466 e. The van der Waals surface area contributed by atoms with Crippen molar-refractivity contribution >= 4 is 5.97 Å². The number of likely N-dealkylation sites (tertiary alicyclic amines) is 1. The molecule has 0 atom stereocenters. The molecule has 0 aromatic heterocycles. The molecule has 0 amide bonds. The van der Waals surface area contributed by atoms with Gasteiger partial charge in [-0.1, -0.05) is 13.3 Å². The lowest BCUT2D eigenvalue weighted by Gasteiger charge is -2.38. The molecule has 1 fully saturated rings. The highest BCUT2D eigenvalue weighted by molar-refractivity contribution is 5.69. The first kappa shape index (κ1) is 17.2. The second-order valence-corrected chi connectivity index (χ2v) is 5.20. The number of nitrogens with zero attached hydrogens (tertiary/aromatic N) is 1. The molecule has 0 aromatic carbocycles. The maximum Gasteiger partial charge on any atom is 0.417 e. The van der Waals surface area contributed by atoms with Crippen LogP contribution in [0.5, 0.6) is 0 Å². The van der Waals surface area contributed by atoms with Gasteiger partial charge >= 0.3 is 12.1 Å². The van der Waals surface area contributed by atoms with Gasteiger partial charge in [-0.3, -0.25) is 4.79 Å². The van der Waals surface area contributed by atoms with Crippen LogP contribution in [0.15, 0.2) is 0 Å². The minimum atomic E-state index is -4.59. The lowest BCUT2D eigenvalue weighted by molar-refractivity contribution is -0.272. The smallest absolute Gasteiger partial charge is 0.417 e. The molecule has 4 nitrogen and oxygen atoms in total. The van der Waals surface area contributed by atoms with Gasteiger partial charge in [0.2, 0.25) is 0 Å². The van der Waals surface area contributed by atoms with Crippen LogP contribution in [0.3, 0.4) is 0 Å². The van der Waals surface area contributed by atoms with Crippen molar-refractivity contribution in [2.24, 2.45) is 0 Å². The average Bonchev–Trinajstić information content (AvgIpc) is 2.37. The summed E-state index contributed by atoms with van der Waals surface area (Å²) in [7, 11) is 0. The van der Waals surface area contributed by atoms with E-state index in [2.05, 4.69) is 0 Å². The van der Waals surface area contributed by atoms with E-state index in [0.29, 0.717) is 13.2 Å². The molecule has 20 heavy (non-hydrogen) atoms. The third kappa shape index (κ3) is 4.94. The van der Waals surface area contributed by atoms with E-state index in [1.54, 1.807) is 4.90 Å². The fourth-order valence-corrected chi connectivity index (χ4v) is 2.08. The van der Waals surface area contributed by atoms with Crippen LogP contribution in [0.25, 0.3) is 0 Å². The molecule has 0 spiro atoms. The predicted octanol–water partition coefficient (Wildman–Crippen LogP) is 2.11. The van der Waals surface area contributed by atoms with Gasteiger partial charge in [0.25, 0.3) is 0 Å². The lowest BCUT2D eigenvalue weighted by atomic mass is 9.91. The van der Waals surface area contributed by atoms with Gasteiger partial charge in [-0.15, -0.1) is 0 Å². The maximum atomic E-state index is 12.6. The van der Waals surface area contributed by atoms with Crippen molar-refractivity contribution in [3.8, 4) is 0 Å². The molecule has 0 radical (unpaired) electrons. The highest BCUT2D eigenvalue weighted by Gasteiger charge is 2.54. The summed E-state index contributed by atoms with van der Waals surface area (Å²) < 4.78 is 42.8. The van der Waals surface area contributed by atoms with Crippen molar-refractivity contribution in [1.82, 2.24) is 4.90 Å². The fraction of sp³-hybridized carbons (Fsp3) is 0.923. The van der Waals surface area contributed by atoms with Crippen LogP contribution in [0.4, 0.5) is 13.2 Å². The first-order valence-corrected chi connectivity index (χ1v) is 6.95. The second-order valence-electron chi connectivity index (χ2n) is 5.20. The molecule has 1 heterocycles. The number of aliphatic hydroxyl groups is 1. The monoisotopic (exact) mass is 297 g/mol. The number of piperidine rings is 1. The zero-order chi connectivity index (χ0) is 15.2. The third-order valence-electron chi connectivity index (χ3n) is 3.60. The number of hydrogen-bond donors (Lipinski definition) is 1. The van der Waals surface area contributed by atoms with Gasteiger partial charge in [0.05, 0.1) is 13.0 Å². The average molecular weight is 297 g/mol. The Labute approximate surface area is 116 Å². The first-order valence-electron chi connectivity index (χ1n) is 6.95. The van der Waals surface area contributed by atoms with E-state index in [0.717, 1.165) is 12.8 Å². The van der Waals surface area contributed by atoms with Crippen LogP contribution in [0.2, 0.25) is 0 Å². The van der Waals surface area contributed by atoms with Crippen molar-refractivity contribution in [2.75, 3.05) is 26.2 Å². The van der Waals surface area contributed by atoms with Crippen molar-refractivity contribution in [1.29, 1.82) is 0 Å². The zero-order valence-corrected chi connectivity index (χ0v) is 11.7. The number of hydrogen-bond acceptors (Lipinski definition) is 4. The van der Waals surface area contributed by atoms with Crippen LogP contribution in [0.1, 0.15) is 39.0 Å². The second kappa shape index (κ2) is 7.26. The Morgan fingerprint density at radius 1 is 1.35 bits per heavy atom. The zero-order valence-electron chi connectivity index (χ0n) is 11.7. The van der Waals surface area contributed by atoms with E-state index in [1.165, 1.54) is 0 Å². The number of carbonyl (C=O) groups is 1. The Hall–Kier alpha value is -0.820. The van der Waals surface area contributed by atoms with Gasteiger partial charge in [-0.25, -0.2) is 0 Å². The number of rotatable bonds is 6. The van der Waals surface area contributed by atoms with E-state index in [1.807, 2.05) is 6.92 Å². The lowest BCUT2D eigenvalue weighted by Crippen LogP contribution is -2.53. The molecule has 0 unspecified atom stereocenters. The van der Waals surface area contributed by atoms with E-state index in [4.69, 9.17) is 4.74 Å². The fourth-order valence-electron chi connectivity index (χ4n) is 2.08. The van der Waals surface area contributed by atoms with Gasteiger partial charge in [0, 0.05) is 19.6 Å². The van der Waals surface area contributed by atoms with E-state index < -0.39 is 11.8 Å². The Kier molecular flexibility index (Phi) is 6.26. The van der Waals surface area contributed by atoms with Crippen molar-refractivity contribution in [3.05, 3.63) is 0 Å². The molecule has 0 bridgehead atoms. The molecule has 0 saturated carbocycles. The largest absolute Gasteiger partial charge is 0.466 e. The normalized spacial score (nSPS) is 19.9. The molecule has 1 saturated heterocycles. The summed E-state index contributed by atoms with van der Waals surface area (Å²) >= 11 is 0. The predicted molar refractivity (Wildman–Crippen MR) is 67.2 cm³/mol. The Morgan fingerprint density at radius 3 is 2.45 bits per heavy atom. The quantitative estimate of drug-likeness (QED) is 0.602. The molecule has 0 aromatic rings. The summed E-state index contributed by atoms with van der Waals surface area (Å²) in [5.74, 6) is -0.324. The molecule has 1 aliphatic heterocycles. The minimum absolute atomic E-state index is 0.137. The standard InChI is InChI=1S/C13H22F3NO3/c1-2-3-10-20-11(18)4-7-17-8-5-12(19,6-9-17)13(14,15)16/h19H,2-10H2,1H3. The molecule has 118 valence electrons. The molecule has 1 N–H and O–H groups in total. The summed E-state index contributed by atoms with van der Waals surface area (Å²) in [6, 6.07) is 0. The molecular formula is C13H22F3NO3. The molecule has 7 heteroatoms. The van der Waals surface area contributed by atoms with Crippen molar-refractivity contribution in [2.45, 2.75) is 50.8 Å². The van der Waals surface area contributed by atoms with Crippen LogP contribution >= 0.6 is 0 Å². The maximum absolute atomic E-state index is 12.6.